The average molecular weight is 483 g/mol. The van der Waals surface area contributed by atoms with E-state index in [2.05, 4.69) is 46.8 Å². The van der Waals surface area contributed by atoms with Gasteiger partial charge in [-0.15, -0.1) is 11.3 Å². The van der Waals surface area contributed by atoms with Crippen molar-refractivity contribution in [3.05, 3.63) is 76.0 Å². The largest absolute Gasteiger partial charge is 0.497 e. The van der Waals surface area contributed by atoms with Crippen molar-refractivity contribution in [2.45, 2.75) is 32.4 Å². The SMILES string of the molecule is COc1ccc(CN(CC(=O)NCCc2ccc(OC)c(OC)c2)C(C)Cc2cccs2)cc1. The molecule has 0 fully saturated rings. The molecule has 0 saturated heterocycles. The second kappa shape index (κ2) is 13.0. The van der Waals surface area contributed by atoms with Crippen LogP contribution in [0.25, 0.3) is 0 Å². The summed E-state index contributed by atoms with van der Waals surface area (Å²) in [6, 6.07) is 18.3. The number of hydrogen-bond donors (Lipinski definition) is 1. The predicted molar refractivity (Wildman–Crippen MR) is 137 cm³/mol. The van der Waals surface area contributed by atoms with Gasteiger partial charge in [0.25, 0.3) is 0 Å². The summed E-state index contributed by atoms with van der Waals surface area (Å²) in [6.07, 6.45) is 1.63. The Hall–Kier alpha value is -3.03. The predicted octanol–water partition coefficient (Wildman–Crippen LogP) is 4.57. The number of carbonyl (C=O) groups is 1. The Morgan fingerprint density at radius 1 is 0.971 bits per heavy atom. The van der Waals surface area contributed by atoms with Crippen molar-refractivity contribution in [1.82, 2.24) is 10.2 Å². The molecule has 3 aromatic rings. The van der Waals surface area contributed by atoms with Crippen molar-refractivity contribution in [1.29, 1.82) is 0 Å². The molecule has 34 heavy (non-hydrogen) atoms. The summed E-state index contributed by atoms with van der Waals surface area (Å²) in [5, 5.41) is 5.17. The number of carbonyl (C=O) groups excluding carboxylic acids is 1. The number of benzene rings is 2. The Bertz CT molecular complexity index is 1020. The van der Waals surface area contributed by atoms with Crippen LogP contribution in [0.4, 0.5) is 0 Å². The molecule has 1 aromatic heterocycles. The number of ether oxygens (including phenoxy) is 3. The third-order valence-electron chi connectivity index (χ3n) is 5.78. The average Bonchev–Trinajstić information content (AvgIpc) is 3.37. The fraction of sp³-hybridized carbons (Fsp3) is 0.370. The van der Waals surface area contributed by atoms with E-state index in [9.17, 15) is 4.79 Å². The summed E-state index contributed by atoms with van der Waals surface area (Å²) in [6.45, 7) is 3.77. The van der Waals surface area contributed by atoms with E-state index >= 15 is 0 Å². The van der Waals surface area contributed by atoms with Gasteiger partial charge in [0.1, 0.15) is 5.75 Å². The molecule has 1 unspecified atom stereocenters. The van der Waals surface area contributed by atoms with Gasteiger partial charge >= 0.3 is 0 Å². The van der Waals surface area contributed by atoms with Crippen LogP contribution in [-0.4, -0.2) is 51.3 Å². The van der Waals surface area contributed by atoms with Crippen LogP contribution in [0.15, 0.2) is 60.0 Å². The van der Waals surface area contributed by atoms with Crippen molar-refractivity contribution in [2.24, 2.45) is 0 Å². The lowest BCUT2D eigenvalue weighted by atomic mass is 10.1. The quantitative estimate of drug-likeness (QED) is 0.387. The summed E-state index contributed by atoms with van der Waals surface area (Å²) < 4.78 is 15.9. The minimum atomic E-state index is 0.0204. The van der Waals surface area contributed by atoms with E-state index in [1.807, 2.05) is 30.3 Å². The van der Waals surface area contributed by atoms with Crippen LogP contribution in [0.1, 0.15) is 22.9 Å². The smallest absolute Gasteiger partial charge is 0.234 e. The van der Waals surface area contributed by atoms with Gasteiger partial charge in [-0.2, -0.15) is 0 Å². The lowest BCUT2D eigenvalue weighted by Gasteiger charge is -2.28. The summed E-state index contributed by atoms with van der Waals surface area (Å²) >= 11 is 1.75. The summed E-state index contributed by atoms with van der Waals surface area (Å²) in [5.74, 6) is 2.24. The third-order valence-corrected chi connectivity index (χ3v) is 6.67. The minimum absolute atomic E-state index is 0.0204. The zero-order chi connectivity index (χ0) is 24.3. The van der Waals surface area contributed by atoms with E-state index in [-0.39, 0.29) is 11.9 Å². The van der Waals surface area contributed by atoms with Gasteiger partial charge in [0, 0.05) is 24.0 Å². The Balaban J connectivity index is 1.59. The van der Waals surface area contributed by atoms with E-state index in [0.29, 0.717) is 31.1 Å². The monoisotopic (exact) mass is 482 g/mol. The lowest BCUT2D eigenvalue weighted by Crippen LogP contribution is -2.42. The van der Waals surface area contributed by atoms with Gasteiger partial charge in [-0.3, -0.25) is 9.69 Å². The number of thiophene rings is 1. The molecule has 0 bridgehead atoms. The van der Waals surface area contributed by atoms with Gasteiger partial charge in [-0.1, -0.05) is 24.3 Å². The lowest BCUT2D eigenvalue weighted by molar-refractivity contribution is -0.122. The number of nitrogens with one attached hydrogen (secondary N) is 1. The first kappa shape index (κ1) is 25.6. The van der Waals surface area contributed by atoms with Gasteiger partial charge in [-0.05, 0) is 66.6 Å². The first-order chi connectivity index (χ1) is 16.5. The molecule has 0 saturated carbocycles. The van der Waals surface area contributed by atoms with Crippen molar-refractivity contribution < 1.29 is 19.0 Å². The maximum absolute atomic E-state index is 12.8. The molecule has 0 spiro atoms. The maximum atomic E-state index is 12.8. The van der Waals surface area contributed by atoms with Crippen LogP contribution in [-0.2, 0) is 24.2 Å². The van der Waals surface area contributed by atoms with E-state index < -0.39 is 0 Å². The number of nitrogens with zero attached hydrogens (tertiary/aromatic N) is 1. The fourth-order valence-electron chi connectivity index (χ4n) is 3.80. The standard InChI is InChI=1S/C27H34N2O4S/c1-20(16-24-6-5-15-34-24)29(18-22-7-10-23(31-2)11-8-22)19-27(30)28-14-13-21-9-12-25(32-3)26(17-21)33-4/h5-12,15,17,20H,13-14,16,18-19H2,1-4H3,(H,28,30). The molecule has 3 rings (SSSR count). The fourth-order valence-corrected chi connectivity index (χ4v) is 4.63. The molecular formula is C27H34N2O4S. The molecule has 6 nitrogen and oxygen atoms in total. The highest BCUT2D eigenvalue weighted by atomic mass is 32.1. The summed E-state index contributed by atoms with van der Waals surface area (Å²) in [5.41, 5.74) is 2.23. The van der Waals surface area contributed by atoms with E-state index in [1.54, 1.807) is 32.7 Å². The van der Waals surface area contributed by atoms with Crippen LogP contribution in [0.3, 0.4) is 0 Å². The van der Waals surface area contributed by atoms with Crippen LogP contribution in [0.5, 0.6) is 17.2 Å². The molecule has 0 aliphatic carbocycles. The third kappa shape index (κ3) is 7.50. The van der Waals surface area contributed by atoms with Gasteiger partial charge in [-0.25, -0.2) is 0 Å². The van der Waals surface area contributed by atoms with Crippen molar-refractivity contribution in [2.75, 3.05) is 34.4 Å². The number of hydrogen-bond acceptors (Lipinski definition) is 6. The summed E-state index contributed by atoms with van der Waals surface area (Å²) in [7, 11) is 4.91. The highest BCUT2D eigenvalue weighted by Gasteiger charge is 2.19. The molecule has 1 atom stereocenters. The number of rotatable bonds is 13. The highest BCUT2D eigenvalue weighted by molar-refractivity contribution is 7.09. The molecular weight excluding hydrogens is 448 g/mol. The van der Waals surface area contributed by atoms with Crippen LogP contribution < -0.4 is 19.5 Å². The first-order valence-electron chi connectivity index (χ1n) is 11.4. The van der Waals surface area contributed by atoms with Gasteiger partial charge < -0.3 is 19.5 Å². The molecule has 1 amide bonds. The molecule has 7 heteroatoms. The molecule has 0 aliphatic rings. The van der Waals surface area contributed by atoms with Crippen molar-refractivity contribution in [3.63, 3.8) is 0 Å². The Kier molecular flexibility index (Phi) is 9.79. The molecule has 1 N–H and O–H groups in total. The Labute approximate surface area is 206 Å². The van der Waals surface area contributed by atoms with E-state index in [4.69, 9.17) is 14.2 Å². The topological polar surface area (TPSA) is 60.0 Å². The van der Waals surface area contributed by atoms with Gasteiger partial charge in [0.15, 0.2) is 11.5 Å². The van der Waals surface area contributed by atoms with Crippen LogP contribution >= 0.6 is 11.3 Å². The van der Waals surface area contributed by atoms with Gasteiger partial charge in [0.2, 0.25) is 5.91 Å². The molecule has 2 aromatic carbocycles. The number of methoxy groups -OCH3 is 3. The molecule has 1 heterocycles. The molecule has 0 aliphatic heterocycles. The number of amides is 1. The second-order valence-electron chi connectivity index (χ2n) is 8.17. The van der Waals surface area contributed by atoms with E-state index in [0.717, 1.165) is 29.7 Å². The van der Waals surface area contributed by atoms with Crippen molar-refractivity contribution >= 4 is 17.2 Å². The van der Waals surface area contributed by atoms with Crippen LogP contribution in [0, 0.1) is 0 Å². The van der Waals surface area contributed by atoms with Gasteiger partial charge in [0.05, 0.1) is 27.9 Å². The molecule has 0 radical (unpaired) electrons. The first-order valence-corrected chi connectivity index (χ1v) is 12.3. The normalized spacial score (nSPS) is 11.8. The zero-order valence-corrected chi connectivity index (χ0v) is 21.2. The van der Waals surface area contributed by atoms with Crippen LogP contribution in [0.2, 0.25) is 0 Å². The second-order valence-corrected chi connectivity index (χ2v) is 9.21. The van der Waals surface area contributed by atoms with E-state index in [1.165, 1.54) is 4.88 Å². The zero-order valence-electron chi connectivity index (χ0n) is 20.4. The maximum Gasteiger partial charge on any atom is 0.234 e. The highest BCUT2D eigenvalue weighted by Crippen LogP contribution is 2.27. The Morgan fingerprint density at radius 3 is 2.35 bits per heavy atom. The van der Waals surface area contributed by atoms with Crippen molar-refractivity contribution in [3.8, 4) is 17.2 Å². The Morgan fingerprint density at radius 2 is 1.71 bits per heavy atom. The minimum Gasteiger partial charge on any atom is -0.497 e. The molecule has 182 valence electrons. The summed E-state index contributed by atoms with van der Waals surface area (Å²) in [4.78, 5) is 16.4.